The third-order valence-corrected chi connectivity index (χ3v) is 5.37. The van der Waals surface area contributed by atoms with Crippen molar-refractivity contribution in [1.29, 1.82) is 0 Å². The summed E-state index contributed by atoms with van der Waals surface area (Å²) in [4.78, 5) is 36.8. The molecule has 2 atom stereocenters. The number of hydrogen-bond donors (Lipinski definition) is 0. The van der Waals surface area contributed by atoms with Crippen molar-refractivity contribution >= 4 is 22.9 Å². The second-order valence-electron chi connectivity index (χ2n) is 7.98. The van der Waals surface area contributed by atoms with Crippen molar-refractivity contribution in [2.24, 2.45) is 0 Å². The van der Waals surface area contributed by atoms with Crippen LogP contribution in [0.25, 0.3) is 11.0 Å². The van der Waals surface area contributed by atoms with Crippen molar-refractivity contribution < 1.29 is 28.2 Å². The minimum Gasteiger partial charge on any atom is -0.483 e. The number of ether oxygens (including phenoxy) is 3. The van der Waals surface area contributed by atoms with E-state index in [-0.39, 0.29) is 0 Å². The van der Waals surface area contributed by atoms with E-state index in [1.54, 1.807) is 71.9 Å². The number of allylic oxidation sites excluding steroid dienone is 2. The fourth-order valence-electron chi connectivity index (χ4n) is 3.28. The molecule has 0 radical (unpaired) electrons. The van der Waals surface area contributed by atoms with Crippen LogP contribution in [0.3, 0.4) is 0 Å². The van der Waals surface area contributed by atoms with Gasteiger partial charge in [0.05, 0.1) is 0 Å². The van der Waals surface area contributed by atoms with Gasteiger partial charge in [-0.15, -0.1) is 0 Å². The highest BCUT2D eigenvalue weighted by Gasteiger charge is 2.49. The third kappa shape index (κ3) is 4.40. The molecule has 2 heterocycles. The maximum atomic E-state index is 12.6. The smallest absolute Gasteiger partial charge is 0.336 e. The summed E-state index contributed by atoms with van der Waals surface area (Å²) in [6, 6.07) is 6.23. The number of fused-ring (bicyclic) bond motifs is 2. The Morgan fingerprint density at radius 3 is 2.23 bits per heavy atom. The van der Waals surface area contributed by atoms with Gasteiger partial charge in [0, 0.05) is 34.2 Å². The molecule has 1 aromatic carbocycles. The van der Waals surface area contributed by atoms with Crippen LogP contribution in [0.2, 0.25) is 0 Å². The van der Waals surface area contributed by atoms with E-state index in [1.165, 1.54) is 6.07 Å². The van der Waals surface area contributed by atoms with Crippen LogP contribution >= 0.6 is 0 Å². The van der Waals surface area contributed by atoms with Gasteiger partial charge in [-0.05, 0) is 53.7 Å². The van der Waals surface area contributed by atoms with Crippen LogP contribution in [0.1, 0.15) is 53.2 Å². The summed E-state index contributed by atoms with van der Waals surface area (Å²) >= 11 is 0. The zero-order valence-electron chi connectivity index (χ0n) is 18.5. The Labute approximate surface area is 180 Å². The first kappa shape index (κ1) is 22.3. The van der Waals surface area contributed by atoms with Crippen molar-refractivity contribution in [2.75, 3.05) is 0 Å². The van der Waals surface area contributed by atoms with Crippen LogP contribution in [-0.2, 0) is 19.1 Å². The zero-order valence-corrected chi connectivity index (χ0v) is 18.5. The van der Waals surface area contributed by atoms with Crippen molar-refractivity contribution in [3.8, 4) is 5.75 Å². The van der Waals surface area contributed by atoms with Crippen molar-refractivity contribution in [3.05, 3.63) is 63.5 Å². The van der Waals surface area contributed by atoms with Gasteiger partial charge in [0.25, 0.3) is 0 Å². The van der Waals surface area contributed by atoms with Gasteiger partial charge < -0.3 is 18.6 Å². The summed E-state index contributed by atoms with van der Waals surface area (Å²) in [5.74, 6) is -0.666. The quantitative estimate of drug-likeness (QED) is 0.407. The van der Waals surface area contributed by atoms with Crippen LogP contribution in [0.5, 0.6) is 5.75 Å². The standard InChI is InChI=1S/C24H26O7/c1-7-13(3)22(26)29-20-16-11-15-9-10-19(25)28-17(15)12-18(16)31-24(5,6)21(20)30-23(27)14(4)8-2/h7-12,20-21H,1-6H3/b13-7-,14-8-/t20-,21-/m0/s1. The predicted octanol–water partition coefficient (Wildman–Crippen LogP) is 4.39. The van der Waals surface area contributed by atoms with E-state index in [2.05, 4.69) is 0 Å². The summed E-state index contributed by atoms with van der Waals surface area (Å²) < 4.78 is 23.0. The van der Waals surface area contributed by atoms with Gasteiger partial charge in [-0.2, -0.15) is 0 Å². The first-order chi connectivity index (χ1) is 14.6. The summed E-state index contributed by atoms with van der Waals surface area (Å²) in [6.07, 6.45) is 1.46. The Balaban J connectivity index is 2.16. The molecule has 3 rings (SSSR count). The van der Waals surface area contributed by atoms with E-state index in [9.17, 15) is 14.4 Å². The monoisotopic (exact) mass is 426 g/mol. The average molecular weight is 426 g/mol. The van der Waals surface area contributed by atoms with Crippen LogP contribution in [0, 0.1) is 0 Å². The Hall–Kier alpha value is -3.35. The predicted molar refractivity (Wildman–Crippen MR) is 115 cm³/mol. The largest absolute Gasteiger partial charge is 0.483 e. The lowest BCUT2D eigenvalue weighted by molar-refractivity contribution is -0.185. The molecular weight excluding hydrogens is 400 g/mol. The van der Waals surface area contributed by atoms with E-state index in [4.69, 9.17) is 18.6 Å². The number of esters is 2. The molecule has 1 aliphatic rings. The molecule has 0 saturated heterocycles. The molecule has 0 unspecified atom stereocenters. The molecular formula is C24H26O7. The average Bonchev–Trinajstić information content (AvgIpc) is 2.73. The highest BCUT2D eigenvalue weighted by Crippen LogP contribution is 2.45. The zero-order chi connectivity index (χ0) is 22.9. The van der Waals surface area contributed by atoms with Crippen LogP contribution in [0.4, 0.5) is 0 Å². The van der Waals surface area contributed by atoms with Gasteiger partial charge in [0.1, 0.15) is 16.9 Å². The Morgan fingerprint density at radius 2 is 1.61 bits per heavy atom. The van der Waals surface area contributed by atoms with E-state index in [1.807, 2.05) is 0 Å². The fraction of sp³-hybridized carbons (Fsp3) is 0.375. The number of benzene rings is 1. The van der Waals surface area contributed by atoms with E-state index in [0.29, 0.717) is 33.4 Å². The van der Waals surface area contributed by atoms with Gasteiger partial charge in [-0.3, -0.25) is 0 Å². The molecule has 0 bridgehead atoms. The summed E-state index contributed by atoms with van der Waals surface area (Å²) in [5, 5.41) is 0.625. The molecule has 0 amide bonds. The molecule has 1 aliphatic heterocycles. The molecule has 164 valence electrons. The van der Waals surface area contributed by atoms with Gasteiger partial charge in [-0.1, -0.05) is 12.2 Å². The first-order valence-corrected chi connectivity index (χ1v) is 10.0. The molecule has 0 spiro atoms. The molecule has 7 heteroatoms. The number of rotatable bonds is 4. The molecule has 0 aliphatic carbocycles. The summed E-state index contributed by atoms with van der Waals surface area (Å²) in [6.45, 7) is 10.3. The van der Waals surface area contributed by atoms with E-state index < -0.39 is 35.4 Å². The van der Waals surface area contributed by atoms with Crippen molar-refractivity contribution in [1.82, 2.24) is 0 Å². The van der Waals surface area contributed by atoms with E-state index >= 15 is 0 Å². The minimum absolute atomic E-state index is 0.344. The highest BCUT2D eigenvalue weighted by molar-refractivity contribution is 5.89. The Kier molecular flexibility index (Phi) is 6.06. The molecule has 2 aromatic rings. The lowest BCUT2D eigenvalue weighted by Gasteiger charge is -2.43. The molecule has 1 aromatic heterocycles. The van der Waals surface area contributed by atoms with Crippen molar-refractivity contribution in [3.63, 3.8) is 0 Å². The van der Waals surface area contributed by atoms with Gasteiger partial charge >= 0.3 is 17.6 Å². The second kappa shape index (κ2) is 8.41. The molecule has 0 N–H and O–H groups in total. The number of hydrogen-bond acceptors (Lipinski definition) is 7. The fourth-order valence-corrected chi connectivity index (χ4v) is 3.28. The summed E-state index contributed by atoms with van der Waals surface area (Å²) in [5.41, 5.74) is 0.200. The first-order valence-electron chi connectivity index (χ1n) is 10.0. The van der Waals surface area contributed by atoms with Crippen molar-refractivity contribution in [2.45, 2.75) is 59.4 Å². The van der Waals surface area contributed by atoms with Gasteiger partial charge in [-0.25, -0.2) is 14.4 Å². The molecule has 0 saturated carbocycles. The highest BCUT2D eigenvalue weighted by atomic mass is 16.6. The Morgan fingerprint density at radius 1 is 1.00 bits per heavy atom. The third-order valence-electron chi connectivity index (χ3n) is 5.37. The number of carbonyl (C=O) groups excluding carboxylic acids is 2. The second-order valence-corrected chi connectivity index (χ2v) is 7.98. The Bertz CT molecular complexity index is 1150. The summed E-state index contributed by atoms with van der Waals surface area (Å²) in [7, 11) is 0. The molecule has 31 heavy (non-hydrogen) atoms. The number of carbonyl (C=O) groups is 2. The topological polar surface area (TPSA) is 92.0 Å². The van der Waals surface area contributed by atoms with Crippen LogP contribution in [0.15, 0.2) is 56.8 Å². The van der Waals surface area contributed by atoms with Gasteiger partial charge in [0.15, 0.2) is 12.2 Å². The maximum absolute atomic E-state index is 12.6. The van der Waals surface area contributed by atoms with E-state index in [0.717, 1.165) is 0 Å². The molecule has 7 nitrogen and oxygen atoms in total. The van der Waals surface area contributed by atoms with Crippen LogP contribution < -0.4 is 10.4 Å². The van der Waals surface area contributed by atoms with Crippen LogP contribution in [-0.4, -0.2) is 23.6 Å². The lowest BCUT2D eigenvalue weighted by atomic mass is 9.87. The maximum Gasteiger partial charge on any atom is 0.336 e. The lowest BCUT2D eigenvalue weighted by Crippen LogP contribution is -2.52. The normalized spacial score (nSPS) is 20.6. The molecule has 0 fully saturated rings. The SMILES string of the molecule is C/C=C(/C)C(=O)O[C@H]1c2cc3ccc(=O)oc3cc2OC(C)(C)[C@H]1OC(=O)/C(C)=C\C. The minimum atomic E-state index is -1.03. The van der Waals surface area contributed by atoms with Gasteiger partial charge in [0.2, 0.25) is 0 Å².